The number of likely N-dealkylation sites (tertiary alicyclic amines) is 1. The molecule has 20 heavy (non-hydrogen) atoms. The molecule has 2 aromatic rings. The fourth-order valence-corrected chi connectivity index (χ4v) is 2.90. The summed E-state index contributed by atoms with van der Waals surface area (Å²) in [7, 11) is 0. The molecule has 0 spiro atoms. The third-order valence-electron chi connectivity index (χ3n) is 3.80. The molecule has 0 N–H and O–H groups in total. The highest BCUT2D eigenvalue weighted by atomic mass is 35.5. The van der Waals surface area contributed by atoms with Crippen molar-refractivity contribution in [3.63, 3.8) is 0 Å². The summed E-state index contributed by atoms with van der Waals surface area (Å²) in [6.07, 6.45) is 0.592. The third-order valence-corrected chi connectivity index (χ3v) is 4.17. The Morgan fingerprint density at radius 3 is 2.50 bits per heavy atom. The second-order valence-corrected chi connectivity index (χ2v) is 5.58. The molecule has 0 aliphatic carbocycles. The van der Waals surface area contributed by atoms with Crippen molar-refractivity contribution in [2.75, 3.05) is 6.54 Å². The van der Waals surface area contributed by atoms with E-state index in [1.807, 2.05) is 47.4 Å². The maximum absolute atomic E-state index is 12.2. The minimum Gasteiger partial charge on any atom is -0.338 e. The van der Waals surface area contributed by atoms with Crippen LogP contribution in [0.2, 0.25) is 5.02 Å². The van der Waals surface area contributed by atoms with Crippen LogP contribution in [0.5, 0.6) is 0 Å². The van der Waals surface area contributed by atoms with Crippen molar-refractivity contribution in [1.29, 1.82) is 0 Å². The van der Waals surface area contributed by atoms with Crippen LogP contribution in [0, 0.1) is 0 Å². The van der Waals surface area contributed by atoms with Crippen LogP contribution < -0.4 is 0 Å². The van der Waals surface area contributed by atoms with Gasteiger partial charge in [0.2, 0.25) is 5.91 Å². The van der Waals surface area contributed by atoms with E-state index >= 15 is 0 Å². The molecular formula is C17H16ClNO. The predicted octanol–water partition coefficient (Wildman–Crippen LogP) is 3.86. The molecule has 3 heteroatoms. The van der Waals surface area contributed by atoms with E-state index in [1.165, 1.54) is 5.56 Å². The van der Waals surface area contributed by atoms with Crippen LogP contribution in [0.4, 0.5) is 0 Å². The van der Waals surface area contributed by atoms with E-state index < -0.39 is 0 Å². The lowest BCUT2D eigenvalue weighted by Crippen LogP contribution is -2.24. The monoisotopic (exact) mass is 285 g/mol. The van der Waals surface area contributed by atoms with Crippen molar-refractivity contribution in [3.8, 4) is 0 Å². The Kier molecular flexibility index (Phi) is 3.75. The number of hydrogen-bond donors (Lipinski definition) is 0. The van der Waals surface area contributed by atoms with Crippen molar-refractivity contribution >= 4 is 17.5 Å². The maximum atomic E-state index is 12.2. The lowest BCUT2D eigenvalue weighted by atomic mass is 9.99. The minimum atomic E-state index is 0.207. The van der Waals surface area contributed by atoms with Gasteiger partial charge in [0.05, 0.1) is 0 Å². The number of hydrogen-bond acceptors (Lipinski definition) is 1. The van der Waals surface area contributed by atoms with Gasteiger partial charge in [-0.15, -0.1) is 0 Å². The van der Waals surface area contributed by atoms with Gasteiger partial charge in [0.1, 0.15) is 0 Å². The molecular weight excluding hydrogens is 270 g/mol. The fraction of sp³-hybridized carbons (Fsp3) is 0.235. The van der Waals surface area contributed by atoms with Crippen LogP contribution in [0.3, 0.4) is 0 Å². The predicted molar refractivity (Wildman–Crippen MR) is 80.7 cm³/mol. The Balaban J connectivity index is 1.73. The zero-order valence-electron chi connectivity index (χ0n) is 11.1. The van der Waals surface area contributed by atoms with E-state index in [2.05, 4.69) is 12.1 Å². The molecule has 0 saturated carbocycles. The molecule has 1 saturated heterocycles. The maximum Gasteiger partial charge on any atom is 0.223 e. The summed E-state index contributed by atoms with van der Waals surface area (Å²) in [5, 5.41) is 0.725. The van der Waals surface area contributed by atoms with Crippen LogP contribution in [-0.2, 0) is 11.3 Å². The van der Waals surface area contributed by atoms with Crippen molar-refractivity contribution in [3.05, 3.63) is 70.7 Å². The van der Waals surface area contributed by atoms with Crippen molar-refractivity contribution < 1.29 is 4.79 Å². The lowest BCUT2D eigenvalue weighted by molar-refractivity contribution is -0.128. The van der Waals surface area contributed by atoms with E-state index in [-0.39, 0.29) is 5.91 Å². The zero-order chi connectivity index (χ0) is 13.9. The molecule has 2 aromatic carbocycles. The normalized spacial score (nSPS) is 18.6. The highest BCUT2D eigenvalue weighted by Crippen LogP contribution is 2.29. The molecule has 1 unspecified atom stereocenters. The topological polar surface area (TPSA) is 20.3 Å². The van der Waals surface area contributed by atoms with Gasteiger partial charge >= 0.3 is 0 Å². The Labute approximate surface area is 124 Å². The molecule has 1 amide bonds. The summed E-state index contributed by atoms with van der Waals surface area (Å²) in [6.45, 7) is 1.37. The van der Waals surface area contributed by atoms with E-state index in [9.17, 15) is 4.79 Å². The smallest absolute Gasteiger partial charge is 0.223 e. The first kappa shape index (κ1) is 13.2. The van der Waals surface area contributed by atoms with Crippen molar-refractivity contribution in [2.45, 2.75) is 18.9 Å². The van der Waals surface area contributed by atoms with Gasteiger partial charge in [-0.05, 0) is 17.2 Å². The minimum absolute atomic E-state index is 0.207. The standard InChI is InChI=1S/C17H16ClNO/c18-16-9-5-4-8-14(16)11-19-12-15(10-17(19)20)13-6-2-1-3-7-13/h1-9,15H,10-12H2. The van der Waals surface area contributed by atoms with E-state index in [4.69, 9.17) is 11.6 Å². The van der Waals surface area contributed by atoms with Crippen LogP contribution in [0.15, 0.2) is 54.6 Å². The number of carbonyl (C=O) groups is 1. The second kappa shape index (κ2) is 5.68. The lowest BCUT2D eigenvalue weighted by Gasteiger charge is -2.17. The van der Waals surface area contributed by atoms with E-state index in [0.717, 1.165) is 17.1 Å². The molecule has 0 aromatic heterocycles. The highest BCUT2D eigenvalue weighted by molar-refractivity contribution is 6.31. The number of nitrogens with zero attached hydrogens (tertiary/aromatic N) is 1. The van der Waals surface area contributed by atoms with Gasteiger partial charge in [-0.3, -0.25) is 4.79 Å². The number of amides is 1. The largest absolute Gasteiger partial charge is 0.338 e. The van der Waals surface area contributed by atoms with Crippen molar-refractivity contribution in [2.24, 2.45) is 0 Å². The van der Waals surface area contributed by atoms with Gasteiger partial charge in [-0.1, -0.05) is 60.1 Å². The summed E-state index contributed by atoms with van der Waals surface area (Å²) in [5.74, 6) is 0.505. The zero-order valence-corrected chi connectivity index (χ0v) is 11.9. The van der Waals surface area contributed by atoms with E-state index in [0.29, 0.717) is 18.9 Å². The number of rotatable bonds is 3. The molecule has 1 aliphatic rings. The third kappa shape index (κ3) is 2.70. The van der Waals surface area contributed by atoms with Crippen LogP contribution in [0.25, 0.3) is 0 Å². The SMILES string of the molecule is O=C1CC(c2ccccc2)CN1Cc1ccccc1Cl. The van der Waals surface area contributed by atoms with Gasteiger partial charge < -0.3 is 4.90 Å². The first-order valence-electron chi connectivity index (χ1n) is 6.80. The van der Waals surface area contributed by atoms with E-state index in [1.54, 1.807) is 0 Å². The molecule has 102 valence electrons. The summed E-state index contributed by atoms with van der Waals surface area (Å²) < 4.78 is 0. The van der Waals surface area contributed by atoms with Crippen molar-refractivity contribution in [1.82, 2.24) is 4.90 Å². The summed E-state index contributed by atoms with van der Waals surface area (Å²) in [5.41, 5.74) is 2.25. The Morgan fingerprint density at radius 1 is 1.05 bits per heavy atom. The molecule has 0 radical (unpaired) electrons. The summed E-state index contributed by atoms with van der Waals surface area (Å²) in [4.78, 5) is 14.1. The Bertz CT molecular complexity index is 611. The first-order chi connectivity index (χ1) is 9.74. The number of carbonyl (C=O) groups excluding carboxylic acids is 1. The molecule has 2 nitrogen and oxygen atoms in total. The number of benzene rings is 2. The van der Waals surface area contributed by atoms with Gasteiger partial charge in [-0.25, -0.2) is 0 Å². The van der Waals surface area contributed by atoms with Gasteiger partial charge in [0.15, 0.2) is 0 Å². The van der Waals surface area contributed by atoms with Crippen LogP contribution in [-0.4, -0.2) is 17.4 Å². The van der Waals surface area contributed by atoms with Gasteiger partial charge in [0.25, 0.3) is 0 Å². The van der Waals surface area contributed by atoms with Crippen LogP contribution >= 0.6 is 11.6 Å². The molecule has 1 atom stereocenters. The molecule has 1 heterocycles. The Morgan fingerprint density at radius 2 is 1.75 bits per heavy atom. The average Bonchev–Trinajstić information content (AvgIpc) is 2.84. The highest BCUT2D eigenvalue weighted by Gasteiger charge is 2.30. The average molecular weight is 286 g/mol. The van der Waals surface area contributed by atoms with Crippen LogP contribution in [0.1, 0.15) is 23.5 Å². The molecule has 3 rings (SSSR count). The Hall–Kier alpha value is -1.80. The molecule has 1 aliphatic heterocycles. The van der Waals surface area contributed by atoms with Gasteiger partial charge in [0, 0.05) is 30.5 Å². The first-order valence-corrected chi connectivity index (χ1v) is 7.18. The molecule has 0 bridgehead atoms. The molecule has 1 fully saturated rings. The quantitative estimate of drug-likeness (QED) is 0.839. The fourth-order valence-electron chi connectivity index (χ4n) is 2.71. The number of halogens is 1. The summed E-state index contributed by atoms with van der Waals surface area (Å²) >= 11 is 6.17. The van der Waals surface area contributed by atoms with Gasteiger partial charge in [-0.2, -0.15) is 0 Å². The second-order valence-electron chi connectivity index (χ2n) is 5.18. The summed E-state index contributed by atoms with van der Waals surface area (Å²) in [6, 6.07) is 17.9.